The lowest BCUT2D eigenvalue weighted by Gasteiger charge is -2.03. The van der Waals surface area contributed by atoms with Crippen molar-refractivity contribution in [3.63, 3.8) is 0 Å². The number of halogens is 1. The van der Waals surface area contributed by atoms with Crippen LogP contribution >= 0.6 is 0 Å². The Morgan fingerprint density at radius 1 is 1.33 bits per heavy atom. The highest BCUT2D eigenvalue weighted by atomic mass is 19.0. The summed E-state index contributed by atoms with van der Waals surface area (Å²) in [6, 6.07) is 0. The Bertz CT molecular complexity index is 48.2. The fraction of sp³-hybridized carbons (Fsp3) is 1.00. The molecule has 0 rings (SSSR count). The number of hydrogen-bond acceptors (Lipinski definition) is 1. The maximum atomic E-state index is 8.99. The van der Waals surface area contributed by atoms with Crippen LogP contribution in [0, 0.1) is 0 Å². The molecular weight excluding hydrogens is 119 g/mol. The van der Waals surface area contributed by atoms with Gasteiger partial charge >= 0.3 is 0 Å². The fourth-order valence-corrected chi connectivity index (χ4v) is 0.644. The molecule has 1 nitrogen and oxygen atoms in total. The van der Waals surface area contributed by atoms with E-state index in [0.717, 1.165) is 19.3 Å². The summed E-state index contributed by atoms with van der Waals surface area (Å²) in [4.78, 5) is 0. The zero-order chi connectivity index (χ0) is 6.41. The van der Waals surface area contributed by atoms with Crippen molar-refractivity contribution in [3.8, 4) is 0 Å². The Morgan fingerprint density at radius 2 is 1.89 bits per heavy atom. The van der Waals surface area contributed by atoms with E-state index in [0.29, 0.717) is 0 Å². The number of aliphatic hydroxyl groups excluding tert-OH is 1. The maximum absolute atomic E-state index is 8.99. The van der Waals surface area contributed by atoms with Crippen LogP contribution in [-0.4, -0.2) is 11.2 Å². The predicted molar refractivity (Wildman–Crippen MR) is 38.3 cm³/mol. The molecular formula is C7H17FO. The van der Waals surface area contributed by atoms with Gasteiger partial charge in [0.1, 0.15) is 0 Å². The zero-order valence-electron chi connectivity index (χ0n) is 6.26. The first-order valence-electron chi connectivity index (χ1n) is 3.49. The molecule has 0 saturated carbocycles. The van der Waals surface area contributed by atoms with Crippen LogP contribution < -0.4 is 0 Å². The van der Waals surface area contributed by atoms with Crippen molar-refractivity contribution in [1.29, 1.82) is 0 Å². The Hall–Kier alpha value is -0.110. The highest BCUT2D eigenvalue weighted by Crippen LogP contribution is 2.02. The molecule has 1 N–H and O–H groups in total. The topological polar surface area (TPSA) is 20.2 Å². The number of rotatable bonds is 4. The third kappa shape index (κ3) is 7.89. The van der Waals surface area contributed by atoms with Crippen LogP contribution in [0.5, 0.6) is 0 Å². The second-order valence-corrected chi connectivity index (χ2v) is 2.20. The van der Waals surface area contributed by atoms with Gasteiger partial charge in [0.25, 0.3) is 0 Å². The molecule has 0 heterocycles. The molecule has 0 radical (unpaired) electrons. The summed E-state index contributed by atoms with van der Waals surface area (Å²) in [5.41, 5.74) is 0. The van der Waals surface area contributed by atoms with E-state index in [2.05, 4.69) is 6.92 Å². The summed E-state index contributed by atoms with van der Waals surface area (Å²) in [6.07, 6.45) is 4.19. The Balaban J connectivity index is 0. The lowest BCUT2D eigenvalue weighted by atomic mass is 10.1. The smallest absolute Gasteiger partial charge is 0.0537 e. The van der Waals surface area contributed by atoms with Gasteiger partial charge in [0, 0.05) is 0 Å². The molecule has 0 spiro atoms. The van der Waals surface area contributed by atoms with E-state index >= 15 is 0 Å². The number of aliphatic hydroxyl groups is 1. The highest BCUT2D eigenvalue weighted by molar-refractivity contribution is 4.49. The minimum Gasteiger partial charge on any atom is -0.393 e. The normalized spacial score (nSPS) is 12.3. The largest absolute Gasteiger partial charge is 0.393 e. The molecule has 0 aliphatic rings. The Labute approximate surface area is 56.5 Å². The molecule has 0 amide bonds. The first-order valence-corrected chi connectivity index (χ1v) is 3.49. The third-order valence-corrected chi connectivity index (χ3v) is 1.36. The van der Waals surface area contributed by atoms with E-state index in [4.69, 9.17) is 5.11 Å². The van der Waals surface area contributed by atoms with Crippen molar-refractivity contribution in [1.82, 2.24) is 0 Å². The van der Waals surface area contributed by atoms with E-state index < -0.39 is 0 Å². The minimum absolute atomic E-state index is 0. The maximum Gasteiger partial charge on any atom is 0.0537 e. The van der Waals surface area contributed by atoms with Crippen LogP contribution in [0.3, 0.4) is 0 Å². The van der Waals surface area contributed by atoms with Crippen molar-refractivity contribution >= 4 is 0 Å². The molecule has 9 heavy (non-hydrogen) atoms. The highest BCUT2D eigenvalue weighted by Gasteiger charge is 1.96. The minimum atomic E-state index is -0.0463. The average Bonchev–Trinajstić information content (AvgIpc) is 1.83. The van der Waals surface area contributed by atoms with E-state index in [9.17, 15) is 0 Å². The van der Waals surface area contributed by atoms with Crippen molar-refractivity contribution in [2.45, 2.75) is 45.6 Å². The fourth-order valence-electron chi connectivity index (χ4n) is 0.644. The summed E-state index contributed by atoms with van der Waals surface area (Å²) in [5, 5.41) is 8.99. The standard InChI is InChI=1S/C7H16O.FH/c1-3-5-6-7(8)4-2;/h7-8H,3-6H2,1-2H3;1H. The van der Waals surface area contributed by atoms with Gasteiger partial charge in [0.15, 0.2) is 0 Å². The van der Waals surface area contributed by atoms with Gasteiger partial charge in [0.05, 0.1) is 6.10 Å². The van der Waals surface area contributed by atoms with Crippen molar-refractivity contribution in [2.24, 2.45) is 0 Å². The molecule has 0 aromatic carbocycles. The van der Waals surface area contributed by atoms with Crippen molar-refractivity contribution in [2.75, 3.05) is 0 Å². The van der Waals surface area contributed by atoms with Gasteiger partial charge in [-0.1, -0.05) is 26.7 Å². The van der Waals surface area contributed by atoms with E-state index in [1.807, 2.05) is 6.92 Å². The van der Waals surface area contributed by atoms with Gasteiger partial charge in [0.2, 0.25) is 0 Å². The van der Waals surface area contributed by atoms with Gasteiger partial charge in [-0.25, -0.2) is 0 Å². The van der Waals surface area contributed by atoms with Crippen molar-refractivity contribution in [3.05, 3.63) is 0 Å². The van der Waals surface area contributed by atoms with E-state index in [1.54, 1.807) is 0 Å². The van der Waals surface area contributed by atoms with E-state index in [-0.39, 0.29) is 10.8 Å². The molecule has 2 heteroatoms. The monoisotopic (exact) mass is 136 g/mol. The molecule has 1 atom stereocenters. The van der Waals surface area contributed by atoms with Gasteiger partial charge in [-0.2, -0.15) is 0 Å². The van der Waals surface area contributed by atoms with Crippen LogP contribution in [0.25, 0.3) is 0 Å². The van der Waals surface area contributed by atoms with Gasteiger partial charge < -0.3 is 5.11 Å². The van der Waals surface area contributed by atoms with Crippen LogP contribution in [0.1, 0.15) is 39.5 Å². The SMILES string of the molecule is CCCCC(O)CC.F. The summed E-state index contributed by atoms with van der Waals surface area (Å²) in [5.74, 6) is 0. The van der Waals surface area contributed by atoms with Crippen LogP contribution in [0.2, 0.25) is 0 Å². The van der Waals surface area contributed by atoms with Crippen LogP contribution in [-0.2, 0) is 0 Å². The van der Waals surface area contributed by atoms with Crippen molar-refractivity contribution < 1.29 is 9.81 Å². The van der Waals surface area contributed by atoms with E-state index in [1.165, 1.54) is 6.42 Å². The molecule has 0 fully saturated rings. The zero-order valence-corrected chi connectivity index (χ0v) is 6.26. The van der Waals surface area contributed by atoms with Gasteiger partial charge in [-0.05, 0) is 12.8 Å². The van der Waals surface area contributed by atoms with Gasteiger partial charge in [-0.15, -0.1) is 0 Å². The molecule has 58 valence electrons. The summed E-state index contributed by atoms with van der Waals surface area (Å²) >= 11 is 0. The summed E-state index contributed by atoms with van der Waals surface area (Å²) in [6.45, 7) is 4.16. The molecule has 1 unspecified atom stereocenters. The summed E-state index contributed by atoms with van der Waals surface area (Å²) in [7, 11) is 0. The molecule has 0 aromatic rings. The molecule has 0 aliphatic carbocycles. The van der Waals surface area contributed by atoms with Crippen LogP contribution in [0.15, 0.2) is 0 Å². The molecule has 0 bridgehead atoms. The number of hydrogen-bond donors (Lipinski definition) is 1. The predicted octanol–water partition coefficient (Wildman–Crippen LogP) is 2.10. The first-order chi connectivity index (χ1) is 3.81. The third-order valence-electron chi connectivity index (χ3n) is 1.36. The van der Waals surface area contributed by atoms with Crippen LogP contribution in [0.4, 0.5) is 4.70 Å². The lowest BCUT2D eigenvalue weighted by molar-refractivity contribution is 0.157. The lowest BCUT2D eigenvalue weighted by Crippen LogP contribution is -2.02. The average molecular weight is 136 g/mol. The molecule has 0 saturated heterocycles. The summed E-state index contributed by atoms with van der Waals surface area (Å²) < 4.78 is 0. The molecule has 0 aromatic heterocycles. The second-order valence-electron chi connectivity index (χ2n) is 2.20. The quantitative estimate of drug-likeness (QED) is 0.627. The Morgan fingerprint density at radius 3 is 2.22 bits per heavy atom. The van der Waals surface area contributed by atoms with Gasteiger partial charge in [-0.3, -0.25) is 4.70 Å². The number of unbranched alkanes of at least 4 members (excludes halogenated alkanes) is 1. The second kappa shape index (κ2) is 7.89. The Kier molecular flexibility index (Phi) is 10.2. The first kappa shape index (κ1) is 11.7. The molecule has 0 aliphatic heterocycles.